The number of carbonyl (C=O) groups is 1. The minimum Gasteiger partial charge on any atom is -0.397 e. The van der Waals surface area contributed by atoms with Crippen molar-refractivity contribution in [2.75, 3.05) is 5.73 Å². The Morgan fingerprint density at radius 1 is 1.60 bits per heavy atom. The Kier molecular flexibility index (Phi) is 3.39. The molecule has 4 N–H and O–H groups in total. The molecule has 4 heteroatoms. The molecular formula is C11H19N3O. The number of aromatic nitrogens is 1. The largest absolute Gasteiger partial charge is 0.397 e. The van der Waals surface area contributed by atoms with Crippen molar-refractivity contribution >= 4 is 11.6 Å². The maximum atomic E-state index is 11.8. The maximum Gasteiger partial charge on any atom is 0.268 e. The Labute approximate surface area is 90.2 Å². The van der Waals surface area contributed by atoms with Crippen LogP contribution in [-0.4, -0.2) is 16.4 Å². The van der Waals surface area contributed by atoms with Gasteiger partial charge in [0.05, 0.1) is 0 Å². The Morgan fingerprint density at radius 2 is 2.27 bits per heavy atom. The number of nitrogens with one attached hydrogen (secondary N) is 2. The molecule has 15 heavy (non-hydrogen) atoms. The minimum atomic E-state index is -0.175. The van der Waals surface area contributed by atoms with E-state index in [4.69, 9.17) is 5.73 Å². The number of aromatic amines is 1. The second-order valence-corrected chi connectivity index (χ2v) is 4.43. The summed E-state index contributed by atoms with van der Waals surface area (Å²) in [6.45, 7) is 6.13. The molecule has 0 radical (unpaired) electrons. The Hall–Kier alpha value is -1.45. The second kappa shape index (κ2) is 4.38. The molecule has 1 aromatic rings. The minimum absolute atomic E-state index is 0.106. The number of anilines is 1. The predicted octanol–water partition coefficient (Wildman–Crippen LogP) is 1.91. The van der Waals surface area contributed by atoms with Gasteiger partial charge in [-0.3, -0.25) is 4.79 Å². The van der Waals surface area contributed by atoms with E-state index in [1.54, 1.807) is 12.3 Å². The zero-order chi connectivity index (χ0) is 11.5. The van der Waals surface area contributed by atoms with Gasteiger partial charge in [0.1, 0.15) is 5.69 Å². The normalized spacial score (nSPS) is 11.4. The second-order valence-electron chi connectivity index (χ2n) is 4.43. The van der Waals surface area contributed by atoms with Crippen molar-refractivity contribution in [2.45, 2.75) is 39.2 Å². The molecule has 1 amide bonds. The van der Waals surface area contributed by atoms with Gasteiger partial charge in [-0.05, 0) is 26.3 Å². The lowest BCUT2D eigenvalue weighted by atomic mass is 9.99. The third-order valence-electron chi connectivity index (χ3n) is 2.28. The molecule has 1 aromatic heterocycles. The molecule has 0 spiro atoms. The lowest BCUT2D eigenvalue weighted by Gasteiger charge is -2.25. The summed E-state index contributed by atoms with van der Waals surface area (Å²) in [5.74, 6) is -0.106. The third kappa shape index (κ3) is 3.31. The molecule has 84 valence electrons. The van der Waals surface area contributed by atoms with E-state index in [9.17, 15) is 4.79 Å². The van der Waals surface area contributed by atoms with E-state index >= 15 is 0 Å². The zero-order valence-corrected chi connectivity index (χ0v) is 9.55. The maximum absolute atomic E-state index is 11.8. The van der Waals surface area contributed by atoms with Crippen LogP contribution < -0.4 is 11.1 Å². The topological polar surface area (TPSA) is 70.9 Å². The SMILES string of the molecule is CCCC(C)(C)NC(=O)c1cc(N)c[nH]1. The van der Waals surface area contributed by atoms with Crippen LogP contribution in [0, 0.1) is 0 Å². The first kappa shape index (κ1) is 11.6. The van der Waals surface area contributed by atoms with Crippen LogP contribution >= 0.6 is 0 Å². The predicted molar refractivity (Wildman–Crippen MR) is 61.7 cm³/mol. The molecule has 1 heterocycles. The average Bonchev–Trinajstić information content (AvgIpc) is 2.50. The van der Waals surface area contributed by atoms with Crippen LogP contribution in [0.25, 0.3) is 0 Å². The molecule has 0 aliphatic carbocycles. The Morgan fingerprint density at radius 3 is 2.73 bits per heavy atom. The van der Waals surface area contributed by atoms with Gasteiger partial charge in [-0.15, -0.1) is 0 Å². The standard InChI is InChI=1S/C11H19N3O/c1-4-5-11(2,3)14-10(15)9-6-8(12)7-13-9/h6-7,13H,4-5,12H2,1-3H3,(H,14,15). The first-order valence-corrected chi connectivity index (χ1v) is 5.21. The van der Waals surface area contributed by atoms with Crippen molar-refractivity contribution in [1.82, 2.24) is 10.3 Å². The lowest BCUT2D eigenvalue weighted by Crippen LogP contribution is -2.43. The highest BCUT2D eigenvalue weighted by atomic mass is 16.2. The fraction of sp³-hybridized carbons (Fsp3) is 0.545. The van der Waals surface area contributed by atoms with Crippen molar-refractivity contribution in [3.05, 3.63) is 18.0 Å². The number of nitrogens with two attached hydrogens (primary N) is 1. The molecule has 0 fully saturated rings. The van der Waals surface area contributed by atoms with Crippen molar-refractivity contribution in [3.63, 3.8) is 0 Å². The van der Waals surface area contributed by atoms with E-state index in [-0.39, 0.29) is 11.4 Å². The summed E-state index contributed by atoms with van der Waals surface area (Å²) in [5.41, 5.74) is 6.44. The molecule has 0 bridgehead atoms. The molecule has 0 aliphatic rings. The molecule has 1 rings (SSSR count). The van der Waals surface area contributed by atoms with E-state index in [2.05, 4.69) is 17.2 Å². The monoisotopic (exact) mass is 209 g/mol. The molecular weight excluding hydrogens is 190 g/mol. The first-order valence-electron chi connectivity index (χ1n) is 5.21. The van der Waals surface area contributed by atoms with Crippen LogP contribution in [0.2, 0.25) is 0 Å². The molecule has 0 atom stereocenters. The Balaban J connectivity index is 2.63. The van der Waals surface area contributed by atoms with E-state index in [1.165, 1.54) is 0 Å². The average molecular weight is 209 g/mol. The van der Waals surface area contributed by atoms with Crippen LogP contribution in [0.15, 0.2) is 12.3 Å². The summed E-state index contributed by atoms with van der Waals surface area (Å²) in [6.07, 6.45) is 3.61. The summed E-state index contributed by atoms with van der Waals surface area (Å²) in [4.78, 5) is 14.6. The number of hydrogen-bond acceptors (Lipinski definition) is 2. The third-order valence-corrected chi connectivity index (χ3v) is 2.28. The quantitative estimate of drug-likeness (QED) is 0.708. The number of hydrogen-bond donors (Lipinski definition) is 3. The molecule has 0 saturated carbocycles. The van der Waals surface area contributed by atoms with E-state index < -0.39 is 0 Å². The zero-order valence-electron chi connectivity index (χ0n) is 9.55. The van der Waals surface area contributed by atoms with Crippen molar-refractivity contribution in [2.24, 2.45) is 0 Å². The van der Waals surface area contributed by atoms with Gasteiger partial charge in [0.25, 0.3) is 5.91 Å². The van der Waals surface area contributed by atoms with Crippen LogP contribution in [0.5, 0.6) is 0 Å². The fourth-order valence-electron chi connectivity index (χ4n) is 1.60. The highest BCUT2D eigenvalue weighted by Crippen LogP contribution is 2.12. The van der Waals surface area contributed by atoms with Gasteiger partial charge in [-0.25, -0.2) is 0 Å². The molecule has 0 unspecified atom stereocenters. The van der Waals surface area contributed by atoms with Gasteiger partial charge < -0.3 is 16.0 Å². The summed E-state index contributed by atoms with van der Waals surface area (Å²) < 4.78 is 0. The van der Waals surface area contributed by atoms with Gasteiger partial charge in [-0.1, -0.05) is 13.3 Å². The van der Waals surface area contributed by atoms with Crippen molar-refractivity contribution in [1.29, 1.82) is 0 Å². The lowest BCUT2D eigenvalue weighted by molar-refractivity contribution is 0.0904. The Bertz CT molecular complexity index is 341. The highest BCUT2D eigenvalue weighted by molar-refractivity contribution is 5.93. The van der Waals surface area contributed by atoms with E-state index in [1.807, 2.05) is 13.8 Å². The van der Waals surface area contributed by atoms with Gasteiger partial charge in [-0.2, -0.15) is 0 Å². The van der Waals surface area contributed by atoms with E-state index in [0.29, 0.717) is 11.4 Å². The summed E-state index contributed by atoms with van der Waals surface area (Å²) >= 11 is 0. The number of carbonyl (C=O) groups excluding carboxylic acids is 1. The number of nitrogen functional groups attached to an aromatic ring is 1. The molecule has 4 nitrogen and oxygen atoms in total. The van der Waals surface area contributed by atoms with Gasteiger partial charge in [0.15, 0.2) is 0 Å². The van der Waals surface area contributed by atoms with Crippen LogP contribution in [-0.2, 0) is 0 Å². The van der Waals surface area contributed by atoms with E-state index in [0.717, 1.165) is 12.8 Å². The van der Waals surface area contributed by atoms with Gasteiger partial charge in [0.2, 0.25) is 0 Å². The molecule has 0 aromatic carbocycles. The molecule has 0 aliphatic heterocycles. The number of H-pyrrole nitrogens is 1. The smallest absolute Gasteiger partial charge is 0.268 e. The highest BCUT2D eigenvalue weighted by Gasteiger charge is 2.20. The van der Waals surface area contributed by atoms with Gasteiger partial charge in [0, 0.05) is 17.4 Å². The first-order chi connectivity index (χ1) is 6.94. The number of amides is 1. The summed E-state index contributed by atoms with van der Waals surface area (Å²) in [5, 5.41) is 2.96. The van der Waals surface area contributed by atoms with Crippen LogP contribution in [0.3, 0.4) is 0 Å². The summed E-state index contributed by atoms with van der Waals surface area (Å²) in [6, 6.07) is 1.64. The van der Waals surface area contributed by atoms with Crippen molar-refractivity contribution in [3.8, 4) is 0 Å². The van der Waals surface area contributed by atoms with Gasteiger partial charge >= 0.3 is 0 Å². The number of rotatable bonds is 4. The fourth-order valence-corrected chi connectivity index (χ4v) is 1.60. The van der Waals surface area contributed by atoms with Crippen molar-refractivity contribution < 1.29 is 4.79 Å². The summed E-state index contributed by atoms with van der Waals surface area (Å²) in [7, 11) is 0. The van der Waals surface area contributed by atoms with Crippen LogP contribution in [0.4, 0.5) is 5.69 Å². The molecule has 0 saturated heterocycles. The van der Waals surface area contributed by atoms with Crippen LogP contribution in [0.1, 0.15) is 44.1 Å².